The van der Waals surface area contributed by atoms with Gasteiger partial charge in [0.2, 0.25) is 0 Å². The minimum absolute atomic E-state index is 0.0150. The standard InChI is InChI=1S/C29H29FN8O4/c1-17(39)29-7-4-28(5-8-29,6-9-29)15-32-27(41)22-11-20(35-25-19(30)13-34-38(22)25)26(40)31-12-18-2-3-23-21(10-18)37-16-33-36-24(37)14-42-23/h2-3,10-11,13,16H,4-9,12,14-15H2,1H3,(H,31,40)(H,32,41). The number of ketones is 1. The number of benzene rings is 1. The number of ether oxygens (including phenoxy) is 1. The quantitative estimate of drug-likeness (QED) is 0.344. The molecule has 42 heavy (non-hydrogen) atoms. The molecule has 3 saturated carbocycles. The van der Waals surface area contributed by atoms with Crippen molar-refractivity contribution in [3.8, 4) is 11.4 Å². The number of halogens is 1. The highest BCUT2D eigenvalue weighted by Crippen LogP contribution is 2.56. The second-order valence-corrected chi connectivity index (χ2v) is 11.7. The number of nitrogens with one attached hydrogen (secondary N) is 2. The van der Waals surface area contributed by atoms with Crippen LogP contribution in [0.2, 0.25) is 0 Å². The zero-order valence-electron chi connectivity index (χ0n) is 23.0. The molecule has 2 amide bonds. The molecule has 1 aromatic carbocycles. The first kappa shape index (κ1) is 26.2. The van der Waals surface area contributed by atoms with Gasteiger partial charge in [-0.2, -0.15) is 5.10 Å². The molecular weight excluding hydrogens is 543 g/mol. The van der Waals surface area contributed by atoms with Gasteiger partial charge in [0, 0.05) is 24.6 Å². The van der Waals surface area contributed by atoms with E-state index in [9.17, 15) is 18.8 Å². The molecule has 3 aliphatic carbocycles. The van der Waals surface area contributed by atoms with Crippen LogP contribution >= 0.6 is 0 Å². The average molecular weight is 573 g/mol. The number of fused-ring (bicyclic) bond motifs is 7. The molecule has 0 radical (unpaired) electrons. The van der Waals surface area contributed by atoms with Crippen LogP contribution in [-0.2, 0) is 17.9 Å². The van der Waals surface area contributed by atoms with Gasteiger partial charge < -0.3 is 15.4 Å². The summed E-state index contributed by atoms with van der Waals surface area (Å²) >= 11 is 0. The third-order valence-corrected chi connectivity index (χ3v) is 9.38. The summed E-state index contributed by atoms with van der Waals surface area (Å²) in [6, 6.07) is 6.84. The van der Waals surface area contributed by atoms with Gasteiger partial charge in [0.25, 0.3) is 11.8 Å². The highest BCUT2D eigenvalue weighted by molar-refractivity contribution is 5.98. The van der Waals surface area contributed by atoms with Crippen molar-refractivity contribution in [2.75, 3.05) is 6.54 Å². The second kappa shape index (κ2) is 9.71. The average Bonchev–Trinajstić information content (AvgIpc) is 3.66. The van der Waals surface area contributed by atoms with Crippen molar-refractivity contribution in [3.05, 3.63) is 65.4 Å². The summed E-state index contributed by atoms with van der Waals surface area (Å²) in [6.45, 7) is 2.59. The Labute approximate surface area is 239 Å². The van der Waals surface area contributed by atoms with Gasteiger partial charge in [0.05, 0.1) is 11.9 Å². The smallest absolute Gasteiger partial charge is 0.270 e. The van der Waals surface area contributed by atoms with Crippen LogP contribution in [0.3, 0.4) is 0 Å². The van der Waals surface area contributed by atoms with Gasteiger partial charge >= 0.3 is 0 Å². The number of amides is 2. The number of carbonyl (C=O) groups excluding carboxylic acids is 3. The lowest BCUT2D eigenvalue weighted by atomic mass is 9.52. The third-order valence-electron chi connectivity index (χ3n) is 9.38. The third kappa shape index (κ3) is 4.30. The number of carbonyl (C=O) groups is 3. The Bertz CT molecular complexity index is 1740. The predicted molar refractivity (Wildman–Crippen MR) is 145 cm³/mol. The lowest BCUT2D eigenvalue weighted by Gasteiger charge is -2.52. The molecule has 12 nitrogen and oxygen atoms in total. The van der Waals surface area contributed by atoms with Crippen LogP contribution in [-0.4, -0.2) is 53.5 Å². The van der Waals surface area contributed by atoms with E-state index in [2.05, 4.69) is 30.9 Å². The van der Waals surface area contributed by atoms with Crippen molar-refractivity contribution in [1.29, 1.82) is 0 Å². The Balaban J connectivity index is 1.07. The monoisotopic (exact) mass is 572 g/mol. The van der Waals surface area contributed by atoms with E-state index in [1.807, 2.05) is 22.8 Å². The molecule has 3 fully saturated rings. The Hall–Kier alpha value is -4.68. The fraction of sp³-hybridized carbons (Fsp3) is 0.414. The molecule has 3 aromatic heterocycles. The van der Waals surface area contributed by atoms with Crippen molar-refractivity contribution >= 4 is 23.2 Å². The normalized spacial score (nSPS) is 22.2. The molecule has 216 valence electrons. The van der Waals surface area contributed by atoms with Crippen LogP contribution in [0.15, 0.2) is 36.8 Å². The lowest BCUT2D eigenvalue weighted by Crippen LogP contribution is -2.49. The maximum Gasteiger partial charge on any atom is 0.270 e. The molecule has 0 atom stereocenters. The first-order valence-corrected chi connectivity index (χ1v) is 14.0. The molecule has 4 aliphatic rings. The summed E-state index contributed by atoms with van der Waals surface area (Å²) in [5, 5.41) is 17.7. The largest absolute Gasteiger partial charge is 0.483 e. The number of rotatable bonds is 7. The van der Waals surface area contributed by atoms with Gasteiger partial charge in [-0.1, -0.05) is 6.07 Å². The Kier molecular flexibility index (Phi) is 6.06. The zero-order valence-corrected chi connectivity index (χ0v) is 23.0. The fourth-order valence-electron chi connectivity index (χ4n) is 6.59. The second-order valence-electron chi connectivity index (χ2n) is 11.7. The van der Waals surface area contributed by atoms with Crippen LogP contribution in [0.5, 0.6) is 5.75 Å². The maximum absolute atomic E-state index is 14.6. The Morgan fingerprint density at radius 1 is 1.05 bits per heavy atom. The molecule has 13 heteroatoms. The number of hydrogen-bond donors (Lipinski definition) is 2. The molecule has 2 N–H and O–H groups in total. The molecule has 2 bridgehead atoms. The number of nitrogens with zero attached hydrogens (tertiary/aromatic N) is 6. The van der Waals surface area contributed by atoms with Crippen molar-refractivity contribution in [1.82, 2.24) is 40.0 Å². The topological polar surface area (TPSA) is 145 Å². The summed E-state index contributed by atoms with van der Waals surface area (Å²) in [7, 11) is 0. The van der Waals surface area contributed by atoms with Gasteiger partial charge in [0.1, 0.15) is 35.9 Å². The maximum atomic E-state index is 14.6. The molecule has 4 aromatic rings. The fourth-order valence-corrected chi connectivity index (χ4v) is 6.59. The van der Waals surface area contributed by atoms with E-state index in [-0.39, 0.29) is 40.2 Å². The van der Waals surface area contributed by atoms with Gasteiger partial charge in [-0.15, -0.1) is 10.2 Å². The van der Waals surface area contributed by atoms with E-state index in [4.69, 9.17) is 4.74 Å². The van der Waals surface area contributed by atoms with E-state index >= 15 is 0 Å². The summed E-state index contributed by atoms with van der Waals surface area (Å²) in [5.41, 5.74) is 0.978. The molecule has 0 saturated heterocycles. The van der Waals surface area contributed by atoms with Crippen molar-refractivity contribution in [2.24, 2.45) is 10.8 Å². The van der Waals surface area contributed by atoms with E-state index < -0.39 is 17.6 Å². The van der Waals surface area contributed by atoms with Gasteiger partial charge in [-0.3, -0.25) is 19.0 Å². The van der Waals surface area contributed by atoms with Crippen LogP contribution in [0.4, 0.5) is 4.39 Å². The molecule has 0 unspecified atom stereocenters. The highest BCUT2D eigenvalue weighted by atomic mass is 19.1. The summed E-state index contributed by atoms with van der Waals surface area (Å²) in [6.07, 6.45) is 7.70. The first-order valence-electron chi connectivity index (χ1n) is 14.0. The molecule has 0 spiro atoms. The van der Waals surface area contributed by atoms with Crippen molar-refractivity contribution < 1.29 is 23.5 Å². The van der Waals surface area contributed by atoms with Crippen molar-refractivity contribution in [3.63, 3.8) is 0 Å². The first-order chi connectivity index (χ1) is 20.3. The molecule has 4 heterocycles. The Morgan fingerprint density at radius 3 is 2.60 bits per heavy atom. The zero-order chi connectivity index (χ0) is 29.1. The highest BCUT2D eigenvalue weighted by Gasteiger charge is 2.50. The molecular formula is C29H29FN8O4. The van der Waals surface area contributed by atoms with Crippen LogP contribution in [0, 0.1) is 16.6 Å². The van der Waals surface area contributed by atoms with Crippen LogP contribution < -0.4 is 15.4 Å². The van der Waals surface area contributed by atoms with Gasteiger partial charge in [0.15, 0.2) is 17.3 Å². The predicted octanol–water partition coefficient (Wildman–Crippen LogP) is 2.93. The summed E-state index contributed by atoms with van der Waals surface area (Å²) < 4.78 is 23.2. The number of hydrogen-bond acceptors (Lipinski definition) is 8. The van der Waals surface area contributed by atoms with Gasteiger partial charge in [-0.25, -0.2) is 13.9 Å². The Morgan fingerprint density at radius 2 is 1.83 bits per heavy atom. The van der Waals surface area contributed by atoms with E-state index in [1.165, 1.54) is 6.07 Å². The minimum atomic E-state index is -0.739. The van der Waals surface area contributed by atoms with Crippen LogP contribution in [0.25, 0.3) is 11.3 Å². The van der Waals surface area contributed by atoms with Gasteiger partial charge in [-0.05, 0) is 68.6 Å². The summed E-state index contributed by atoms with van der Waals surface area (Å²) in [5.74, 6) is -0.166. The molecule has 8 rings (SSSR count). The van der Waals surface area contributed by atoms with E-state index in [0.29, 0.717) is 24.7 Å². The SMILES string of the molecule is CC(=O)C12CCC(CNC(=O)c3cc(C(=O)NCc4ccc5c(c4)-n4cnnc4CO5)nc4c(F)cnn34)(CC1)CC2. The number of aromatic nitrogens is 6. The van der Waals surface area contributed by atoms with E-state index in [0.717, 1.165) is 60.5 Å². The van der Waals surface area contributed by atoms with Crippen molar-refractivity contribution in [2.45, 2.75) is 58.6 Å². The lowest BCUT2D eigenvalue weighted by molar-refractivity contribution is -0.135. The number of Topliss-reactive ketones (excluding diaryl/α,β-unsaturated/α-hetero) is 1. The minimum Gasteiger partial charge on any atom is -0.483 e. The van der Waals surface area contributed by atoms with Crippen LogP contribution in [0.1, 0.15) is 77.8 Å². The van der Waals surface area contributed by atoms with E-state index in [1.54, 1.807) is 13.3 Å². The molecule has 1 aliphatic heterocycles. The summed E-state index contributed by atoms with van der Waals surface area (Å²) in [4.78, 5) is 42.9.